The first-order valence-electron chi connectivity index (χ1n) is 21.1. The van der Waals surface area contributed by atoms with Crippen LogP contribution in [0.5, 0.6) is 0 Å². The average molecular weight is 745 g/mol. The van der Waals surface area contributed by atoms with Crippen LogP contribution < -0.4 is 0 Å². The van der Waals surface area contributed by atoms with E-state index in [2.05, 4.69) is 135 Å². The molecule has 302 valence electrons. The van der Waals surface area contributed by atoms with E-state index in [4.69, 9.17) is 9.47 Å². The molecular formula is C49H76O5. The molecule has 1 unspecified atom stereocenters. The Balaban J connectivity index is 3.70. The second-order valence-corrected chi connectivity index (χ2v) is 13.3. The molecule has 0 aliphatic rings. The number of ether oxygens (including phenoxy) is 2. The normalized spacial score (nSPS) is 13.5. The molecule has 0 saturated heterocycles. The molecule has 1 atom stereocenters. The number of allylic oxidation sites excluding steroid dienone is 20. The Morgan fingerprint density at radius 3 is 1.17 bits per heavy atom. The van der Waals surface area contributed by atoms with Gasteiger partial charge in [-0.15, -0.1) is 0 Å². The van der Waals surface area contributed by atoms with Gasteiger partial charge in [0, 0.05) is 12.8 Å². The van der Waals surface area contributed by atoms with Gasteiger partial charge in [-0.05, 0) is 96.3 Å². The lowest BCUT2D eigenvalue weighted by molar-refractivity contribution is -0.161. The van der Waals surface area contributed by atoms with Crippen molar-refractivity contribution >= 4 is 11.9 Å². The zero-order valence-electron chi connectivity index (χ0n) is 34.2. The second kappa shape index (κ2) is 43.7. The maximum atomic E-state index is 12.2. The topological polar surface area (TPSA) is 72.8 Å². The molecule has 1 N–H and O–H groups in total. The van der Waals surface area contributed by atoms with E-state index < -0.39 is 6.10 Å². The molecule has 54 heavy (non-hydrogen) atoms. The molecule has 0 aliphatic heterocycles. The van der Waals surface area contributed by atoms with Gasteiger partial charge in [-0.25, -0.2) is 0 Å². The molecule has 0 saturated carbocycles. The Kier molecular flexibility index (Phi) is 40.7. The summed E-state index contributed by atoms with van der Waals surface area (Å²) in [7, 11) is 0. The van der Waals surface area contributed by atoms with E-state index in [0.717, 1.165) is 96.3 Å². The molecule has 0 rings (SSSR count). The number of carbonyl (C=O) groups is 2. The lowest BCUT2D eigenvalue weighted by atomic mass is 10.1. The van der Waals surface area contributed by atoms with Crippen LogP contribution in [-0.2, 0) is 19.1 Å². The van der Waals surface area contributed by atoms with Crippen molar-refractivity contribution in [3.63, 3.8) is 0 Å². The SMILES string of the molecule is CC/C=C\C/C=C\C/C=C\C/C=C\C/C=C\CCCCCCCCCC(=O)OC(CO)COC(=O)CCC/C=C\C/C=C\C/C=C\C/C=C\C/C=C\CC. The van der Waals surface area contributed by atoms with E-state index >= 15 is 0 Å². The minimum Gasteiger partial charge on any atom is -0.462 e. The van der Waals surface area contributed by atoms with Gasteiger partial charge in [0.25, 0.3) is 0 Å². The number of unbranched alkanes of at least 4 members (excludes halogenated alkanes) is 8. The highest BCUT2D eigenvalue weighted by atomic mass is 16.6. The van der Waals surface area contributed by atoms with E-state index in [1.165, 1.54) is 25.7 Å². The van der Waals surface area contributed by atoms with E-state index in [-0.39, 0.29) is 25.2 Å². The van der Waals surface area contributed by atoms with E-state index in [0.29, 0.717) is 19.3 Å². The molecule has 0 aliphatic carbocycles. The number of hydrogen-bond donors (Lipinski definition) is 1. The van der Waals surface area contributed by atoms with Crippen molar-refractivity contribution in [2.24, 2.45) is 0 Å². The van der Waals surface area contributed by atoms with Gasteiger partial charge in [0.05, 0.1) is 6.61 Å². The Bertz CT molecular complexity index is 1160. The molecule has 0 radical (unpaired) electrons. The summed E-state index contributed by atoms with van der Waals surface area (Å²) in [5.41, 5.74) is 0. The highest BCUT2D eigenvalue weighted by Gasteiger charge is 2.16. The van der Waals surface area contributed by atoms with Crippen LogP contribution in [0, 0.1) is 0 Å². The number of hydrogen-bond acceptors (Lipinski definition) is 5. The fourth-order valence-electron chi connectivity index (χ4n) is 5.14. The quantitative estimate of drug-likeness (QED) is 0.0393. The summed E-state index contributed by atoms with van der Waals surface area (Å²) >= 11 is 0. The fraction of sp³-hybridized carbons (Fsp3) is 0.551. The third-order valence-corrected chi connectivity index (χ3v) is 8.25. The first kappa shape index (κ1) is 50.3. The van der Waals surface area contributed by atoms with Crippen LogP contribution in [-0.4, -0.2) is 36.4 Å². The highest BCUT2D eigenvalue weighted by Crippen LogP contribution is 2.11. The van der Waals surface area contributed by atoms with Crippen molar-refractivity contribution < 1.29 is 24.2 Å². The van der Waals surface area contributed by atoms with Gasteiger partial charge < -0.3 is 14.6 Å². The highest BCUT2D eigenvalue weighted by molar-refractivity contribution is 5.70. The van der Waals surface area contributed by atoms with Crippen LogP contribution in [0.3, 0.4) is 0 Å². The number of aliphatic hydroxyl groups is 1. The molecule has 0 aromatic heterocycles. The Morgan fingerprint density at radius 2 is 0.759 bits per heavy atom. The molecule has 0 aromatic carbocycles. The summed E-state index contributed by atoms with van der Waals surface area (Å²) in [5, 5.41) is 9.57. The van der Waals surface area contributed by atoms with Crippen LogP contribution in [0.4, 0.5) is 0 Å². The predicted molar refractivity (Wildman–Crippen MR) is 232 cm³/mol. The first-order valence-corrected chi connectivity index (χ1v) is 21.1. The summed E-state index contributed by atoms with van der Waals surface area (Å²) in [5.74, 6) is -0.685. The van der Waals surface area contributed by atoms with Gasteiger partial charge in [-0.3, -0.25) is 9.59 Å². The molecule has 0 fully saturated rings. The summed E-state index contributed by atoms with van der Waals surface area (Å²) < 4.78 is 10.6. The number of aliphatic hydroxyl groups excluding tert-OH is 1. The van der Waals surface area contributed by atoms with E-state index in [9.17, 15) is 14.7 Å². The summed E-state index contributed by atoms with van der Waals surface area (Å²) in [4.78, 5) is 24.3. The van der Waals surface area contributed by atoms with Crippen molar-refractivity contribution in [3.8, 4) is 0 Å². The van der Waals surface area contributed by atoms with Gasteiger partial charge in [0.15, 0.2) is 6.10 Å². The second-order valence-electron chi connectivity index (χ2n) is 13.3. The van der Waals surface area contributed by atoms with E-state index in [1.807, 2.05) is 0 Å². The number of rotatable bonds is 36. The molecule has 0 amide bonds. The van der Waals surface area contributed by atoms with Gasteiger partial charge in [-0.2, -0.15) is 0 Å². The van der Waals surface area contributed by atoms with Gasteiger partial charge in [0.1, 0.15) is 6.61 Å². The molecular weight excluding hydrogens is 669 g/mol. The average Bonchev–Trinajstić information content (AvgIpc) is 3.17. The van der Waals surface area contributed by atoms with Crippen molar-refractivity contribution in [2.45, 2.75) is 161 Å². The minimum atomic E-state index is -0.810. The smallest absolute Gasteiger partial charge is 0.306 e. The van der Waals surface area contributed by atoms with Crippen LogP contribution in [0.2, 0.25) is 0 Å². The van der Waals surface area contributed by atoms with Crippen LogP contribution in [0.15, 0.2) is 122 Å². The van der Waals surface area contributed by atoms with Crippen molar-refractivity contribution in [1.29, 1.82) is 0 Å². The largest absolute Gasteiger partial charge is 0.462 e. The molecule has 0 bridgehead atoms. The molecule has 0 heterocycles. The maximum Gasteiger partial charge on any atom is 0.306 e. The summed E-state index contributed by atoms with van der Waals surface area (Å²) in [6.45, 7) is 3.83. The monoisotopic (exact) mass is 745 g/mol. The number of esters is 2. The molecule has 0 spiro atoms. The maximum absolute atomic E-state index is 12.2. The van der Waals surface area contributed by atoms with Crippen LogP contribution in [0.25, 0.3) is 0 Å². The van der Waals surface area contributed by atoms with Crippen molar-refractivity contribution in [3.05, 3.63) is 122 Å². The van der Waals surface area contributed by atoms with Crippen molar-refractivity contribution in [1.82, 2.24) is 0 Å². The zero-order chi connectivity index (χ0) is 39.3. The lowest BCUT2D eigenvalue weighted by Gasteiger charge is -2.15. The van der Waals surface area contributed by atoms with Crippen LogP contribution >= 0.6 is 0 Å². The van der Waals surface area contributed by atoms with Crippen LogP contribution in [0.1, 0.15) is 155 Å². The minimum absolute atomic E-state index is 0.109. The molecule has 0 aromatic rings. The summed E-state index contributed by atoms with van der Waals surface area (Å²) in [6, 6.07) is 0. The predicted octanol–water partition coefficient (Wildman–Crippen LogP) is 13.6. The lowest BCUT2D eigenvalue weighted by Crippen LogP contribution is -2.28. The van der Waals surface area contributed by atoms with Crippen molar-refractivity contribution in [2.75, 3.05) is 13.2 Å². The summed E-state index contributed by atoms with van der Waals surface area (Å²) in [6.07, 6.45) is 64.1. The molecule has 5 nitrogen and oxygen atoms in total. The third kappa shape index (κ3) is 41.1. The van der Waals surface area contributed by atoms with Gasteiger partial charge >= 0.3 is 11.9 Å². The fourth-order valence-corrected chi connectivity index (χ4v) is 5.14. The standard InChI is InChI=1S/C49H76O5/c1-3-5-7-9-11-13-15-17-19-21-22-23-24-25-26-28-30-32-34-36-38-40-42-44-49(52)54-47(45-50)46-53-48(51)43-41-39-37-35-33-31-29-27-20-18-16-14-12-10-8-6-4-2/h5-8,11-14,17-20,22-23,25-26,29,31,35,37,47,50H,3-4,9-10,15-16,21,24,27-28,30,32-34,36,38-46H2,1-2H3/b7-5-,8-6-,13-11-,14-12-,19-17-,20-18-,23-22-,26-25-,31-29-,37-35-. The number of carbonyl (C=O) groups excluding carboxylic acids is 2. The Hall–Kier alpha value is -3.70. The van der Waals surface area contributed by atoms with E-state index in [1.54, 1.807) is 0 Å². The van der Waals surface area contributed by atoms with Gasteiger partial charge in [-0.1, -0.05) is 167 Å². The zero-order valence-corrected chi connectivity index (χ0v) is 34.2. The molecule has 5 heteroatoms. The third-order valence-electron chi connectivity index (χ3n) is 8.25. The Labute approximate surface area is 331 Å². The Morgan fingerprint density at radius 1 is 0.426 bits per heavy atom. The van der Waals surface area contributed by atoms with Gasteiger partial charge in [0.2, 0.25) is 0 Å². The first-order chi connectivity index (χ1) is 26.6.